The summed E-state index contributed by atoms with van der Waals surface area (Å²) in [5, 5.41) is 22.7. The van der Waals surface area contributed by atoms with E-state index in [4.69, 9.17) is 14.6 Å². The molecule has 4 N–H and O–H groups in total. The van der Waals surface area contributed by atoms with Crippen LogP contribution in [0.25, 0.3) is 0 Å². The van der Waals surface area contributed by atoms with Crippen LogP contribution in [-0.4, -0.2) is 66.5 Å². The molecule has 3 rings (SSSR count). The Morgan fingerprint density at radius 3 is 2.74 bits per heavy atom. The number of fused-ring (bicyclic) bond motifs is 1. The number of ether oxygens (including phenoxy) is 2. The van der Waals surface area contributed by atoms with Gasteiger partial charge in [-0.1, -0.05) is 0 Å². The van der Waals surface area contributed by atoms with E-state index < -0.39 is 12.2 Å². The summed E-state index contributed by atoms with van der Waals surface area (Å²) in [4.78, 5) is 24.2. The average molecular weight is 325 g/mol. The molecule has 9 nitrogen and oxygen atoms in total. The Bertz CT molecular complexity index is 553. The van der Waals surface area contributed by atoms with E-state index in [1.165, 1.54) is 6.20 Å². The number of carbonyl (C=O) groups is 2. The minimum absolute atomic E-state index is 0.0195. The standard InChI is InChI=1S/C8H7NO3.C6H12N2O3/c10-5-6-3-7-8(4-9-6)12-2-1-11-7;9-5-3-7-1-4(5)2-8-6(10)11/h3-5H,1-2H2;4-5,7-9H,1-3H2,(H,10,11)/t;4-,5-/m.1/s1. The Labute approximate surface area is 132 Å². The molecule has 0 aliphatic carbocycles. The number of aldehydes is 1. The first-order chi connectivity index (χ1) is 11.1. The second-order valence-electron chi connectivity index (χ2n) is 5.04. The molecule has 1 aromatic rings. The van der Waals surface area contributed by atoms with Gasteiger partial charge in [-0.3, -0.25) is 4.79 Å². The van der Waals surface area contributed by atoms with Crippen LogP contribution < -0.4 is 20.1 Å². The number of amides is 1. The number of nitrogens with zero attached hydrogens (tertiary/aromatic N) is 1. The topological polar surface area (TPSA) is 130 Å². The van der Waals surface area contributed by atoms with Crippen LogP contribution in [0.15, 0.2) is 12.3 Å². The molecule has 2 aliphatic heterocycles. The SMILES string of the molecule is O=C(O)NC[C@H]1CNC[C@H]1O.O=Cc1cc2c(cn1)OCCO2. The summed E-state index contributed by atoms with van der Waals surface area (Å²) in [6, 6.07) is 1.57. The predicted molar refractivity (Wildman–Crippen MR) is 79.0 cm³/mol. The zero-order valence-electron chi connectivity index (χ0n) is 12.4. The van der Waals surface area contributed by atoms with Gasteiger partial charge in [0.25, 0.3) is 0 Å². The van der Waals surface area contributed by atoms with Crippen LogP contribution in [-0.2, 0) is 0 Å². The highest BCUT2D eigenvalue weighted by molar-refractivity contribution is 5.73. The summed E-state index contributed by atoms with van der Waals surface area (Å²) in [6.07, 6.45) is 0.724. The molecule has 0 aromatic carbocycles. The fraction of sp³-hybridized carbons (Fsp3) is 0.500. The van der Waals surface area contributed by atoms with Crippen LogP contribution in [0.2, 0.25) is 0 Å². The number of aliphatic hydroxyl groups is 1. The zero-order chi connectivity index (χ0) is 16.7. The maximum atomic E-state index is 10.3. The summed E-state index contributed by atoms with van der Waals surface area (Å²) in [7, 11) is 0. The fourth-order valence-electron chi connectivity index (χ4n) is 2.17. The van der Waals surface area contributed by atoms with Gasteiger partial charge in [0.05, 0.1) is 12.3 Å². The van der Waals surface area contributed by atoms with Crippen molar-refractivity contribution < 1.29 is 29.3 Å². The summed E-state index contributed by atoms with van der Waals surface area (Å²) in [6.45, 7) is 2.63. The Hall–Kier alpha value is -2.39. The highest BCUT2D eigenvalue weighted by Crippen LogP contribution is 2.28. The number of carboxylic acid groups (broad SMARTS) is 1. The minimum atomic E-state index is -1.04. The van der Waals surface area contributed by atoms with E-state index in [1.54, 1.807) is 6.07 Å². The predicted octanol–water partition coefficient (Wildman–Crippen LogP) is -0.500. The highest BCUT2D eigenvalue weighted by atomic mass is 16.6. The first kappa shape index (κ1) is 17.0. The second-order valence-corrected chi connectivity index (χ2v) is 5.04. The molecular weight excluding hydrogens is 306 g/mol. The Morgan fingerprint density at radius 2 is 2.13 bits per heavy atom. The number of carbonyl (C=O) groups excluding carboxylic acids is 1. The lowest BCUT2D eigenvalue weighted by Crippen LogP contribution is -2.33. The van der Waals surface area contributed by atoms with Crippen molar-refractivity contribution in [2.75, 3.05) is 32.8 Å². The van der Waals surface area contributed by atoms with Crippen molar-refractivity contribution in [2.45, 2.75) is 6.10 Å². The van der Waals surface area contributed by atoms with Crippen LogP contribution in [0.1, 0.15) is 10.5 Å². The summed E-state index contributed by atoms with van der Waals surface area (Å²) in [5.41, 5.74) is 0.360. The van der Waals surface area contributed by atoms with E-state index in [9.17, 15) is 14.7 Å². The molecule has 2 aliphatic rings. The van der Waals surface area contributed by atoms with Gasteiger partial charge in [-0.25, -0.2) is 9.78 Å². The van der Waals surface area contributed by atoms with Crippen LogP contribution in [0, 0.1) is 5.92 Å². The monoisotopic (exact) mass is 325 g/mol. The Morgan fingerprint density at radius 1 is 1.39 bits per heavy atom. The van der Waals surface area contributed by atoms with Crippen molar-refractivity contribution >= 4 is 12.4 Å². The third-order valence-corrected chi connectivity index (χ3v) is 3.39. The second kappa shape index (κ2) is 8.30. The van der Waals surface area contributed by atoms with E-state index in [0.29, 0.717) is 56.3 Å². The van der Waals surface area contributed by atoms with Gasteiger partial charge < -0.3 is 30.3 Å². The molecule has 0 unspecified atom stereocenters. The zero-order valence-corrected chi connectivity index (χ0v) is 12.4. The molecule has 0 radical (unpaired) electrons. The van der Waals surface area contributed by atoms with Gasteiger partial charge in [0.15, 0.2) is 17.8 Å². The molecule has 0 bridgehead atoms. The number of β-amino-alcohol motifs (C(OH)–C–C–N with tert-alkyl or cyclic N) is 1. The van der Waals surface area contributed by atoms with E-state index in [2.05, 4.69) is 15.6 Å². The first-order valence-electron chi connectivity index (χ1n) is 7.16. The lowest BCUT2D eigenvalue weighted by atomic mass is 10.1. The normalized spacial score (nSPS) is 21.8. The number of nitrogens with one attached hydrogen (secondary N) is 2. The first-order valence-corrected chi connectivity index (χ1v) is 7.16. The molecule has 1 aromatic heterocycles. The summed E-state index contributed by atoms with van der Waals surface area (Å²) in [5.74, 6) is 1.22. The van der Waals surface area contributed by atoms with E-state index >= 15 is 0 Å². The van der Waals surface area contributed by atoms with Crippen molar-refractivity contribution in [3.8, 4) is 11.5 Å². The van der Waals surface area contributed by atoms with Gasteiger partial charge in [-0.15, -0.1) is 0 Å². The minimum Gasteiger partial charge on any atom is -0.486 e. The van der Waals surface area contributed by atoms with Crippen molar-refractivity contribution in [3.05, 3.63) is 18.0 Å². The van der Waals surface area contributed by atoms with Gasteiger partial charge in [0, 0.05) is 31.6 Å². The number of rotatable bonds is 3. The van der Waals surface area contributed by atoms with Gasteiger partial charge in [-0.2, -0.15) is 0 Å². The van der Waals surface area contributed by atoms with E-state index in [1.807, 2.05) is 0 Å². The van der Waals surface area contributed by atoms with E-state index in [0.717, 1.165) is 0 Å². The third-order valence-electron chi connectivity index (χ3n) is 3.39. The van der Waals surface area contributed by atoms with Crippen LogP contribution in [0.5, 0.6) is 11.5 Å². The molecule has 23 heavy (non-hydrogen) atoms. The van der Waals surface area contributed by atoms with Crippen molar-refractivity contribution in [1.29, 1.82) is 0 Å². The molecule has 0 saturated carbocycles. The molecule has 0 spiro atoms. The smallest absolute Gasteiger partial charge is 0.404 e. The molecule has 9 heteroatoms. The number of hydrogen-bond donors (Lipinski definition) is 4. The van der Waals surface area contributed by atoms with Gasteiger partial charge in [-0.05, 0) is 0 Å². The van der Waals surface area contributed by atoms with Gasteiger partial charge in [0.1, 0.15) is 18.9 Å². The summed E-state index contributed by atoms with van der Waals surface area (Å²) < 4.78 is 10.5. The van der Waals surface area contributed by atoms with Crippen molar-refractivity contribution in [1.82, 2.24) is 15.6 Å². The summed E-state index contributed by atoms with van der Waals surface area (Å²) >= 11 is 0. The van der Waals surface area contributed by atoms with Crippen molar-refractivity contribution in [2.24, 2.45) is 5.92 Å². The molecule has 1 saturated heterocycles. The lowest BCUT2D eigenvalue weighted by molar-refractivity contribution is 0.111. The maximum absolute atomic E-state index is 10.3. The maximum Gasteiger partial charge on any atom is 0.404 e. The molecule has 126 valence electrons. The highest BCUT2D eigenvalue weighted by Gasteiger charge is 2.24. The molecule has 1 amide bonds. The van der Waals surface area contributed by atoms with Crippen LogP contribution in [0.3, 0.4) is 0 Å². The van der Waals surface area contributed by atoms with E-state index in [-0.39, 0.29) is 5.92 Å². The van der Waals surface area contributed by atoms with Crippen LogP contribution >= 0.6 is 0 Å². The largest absolute Gasteiger partial charge is 0.486 e. The molecule has 3 heterocycles. The number of aromatic nitrogens is 1. The van der Waals surface area contributed by atoms with Crippen molar-refractivity contribution in [3.63, 3.8) is 0 Å². The number of hydrogen-bond acceptors (Lipinski definition) is 7. The Kier molecular flexibility index (Phi) is 6.12. The van der Waals surface area contributed by atoms with Gasteiger partial charge >= 0.3 is 6.09 Å². The number of pyridine rings is 1. The fourth-order valence-corrected chi connectivity index (χ4v) is 2.17. The quantitative estimate of drug-likeness (QED) is 0.547. The number of aliphatic hydroxyl groups excluding tert-OH is 1. The molecule has 1 fully saturated rings. The molecular formula is C14H19N3O6. The average Bonchev–Trinajstić information content (AvgIpc) is 2.98. The van der Waals surface area contributed by atoms with Gasteiger partial charge in [0.2, 0.25) is 0 Å². The lowest BCUT2D eigenvalue weighted by Gasteiger charge is -2.17. The Balaban J connectivity index is 0.000000168. The third kappa shape index (κ3) is 5.08. The molecule has 2 atom stereocenters. The van der Waals surface area contributed by atoms with Crippen LogP contribution in [0.4, 0.5) is 4.79 Å².